The molecule has 0 radical (unpaired) electrons. The third-order valence-electron chi connectivity index (χ3n) is 4.41. The lowest BCUT2D eigenvalue weighted by molar-refractivity contribution is -0.117. The summed E-state index contributed by atoms with van der Waals surface area (Å²) in [6, 6.07) is 5.37. The topological polar surface area (TPSA) is 101 Å². The van der Waals surface area contributed by atoms with Crippen molar-refractivity contribution in [3.05, 3.63) is 23.8 Å². The maximum Gasteiger partial charge on any atom is 0.228 e. The largest absolute Gasteiger partial charge is 0.312 e. The molecule has 8 heteroatoms. The van der Waals surface area contributed by atoms with E-state index in [0.717, 1.165) is 17.7 Å². The van der Waals surface area contributed by atoms with E-state index < -0.39 is 15.3 Å². The zero-order valence-electron chi connectivity index (χ0n) is 12.9. The fraction of sp³-hybridized carbons (Fsp3) is 0.467. The molecule has 3 rings (SSSR count). The Balaban J connectivity index is 1.86. The molecule has 1 aromatic carbocycles. The van der Waals surface area contributed by atoms with Crippen molar-refractivity contribution in [2.75, 3.05) is 22.9 Å². The standard InChI is InChI=1S/C15H19N3O4S/c1-10-7-11(4-5-13(10)17-6-2-3-14(17)19)18-9-12(8-15(18)20)23(16,21)22/h4-5,7,12H,2-3,6,8-9H2,1H3,(H2,16,21,22). The fourth-order valence-corrected chi connectivity index (χ4v) is 3.89. The van der Waals surface area contributed by atoms with Gasteiger partial charge >= 0.3 is 0 Å². The molecule has 2 aliphatic heterocycles. The molecule has 1 atom stereocenters. The maximum absolute atomic E-state index is 12.1. The van der Waals surface area contributed by atoms with E-state index in [2.05, 4.69) is 0 Å². The van der Waals surface area contributed by atoms with Crippen LogP contribution in [0.5, 0.6) is 0 Å². The van der Waals surface area contributed by atoms with E-state index in [4.69, 9.17) is 5.14 Å². The number of hydrogen-bond acceptors (Lipinski definition) is 4. The van der Waals surface area contributed by atoms with Crippen LogP contribution in [-0.2, 0) is 19.6 Å². The summed E-state index contributed by atoms with van der Waals surface area (Å²) >= 11 is 0. The summed E-state index contributed by atoms with van der Waals surface area (Å²) in [6.45, 7) is 2.65. The second-order valence-corrected chi connectivity index (χ2v) is 7.88. The number of carbonyl (C=O) groups is 2. The van der Waals surface area contributed by atoms with Crippen LogP contribution < -0.4 is 14.9 Å². The summed E-state index contributed by atoms with van der Waals surface area (Å²) in [5, 5.41) is 4.28. The van der Waals surface area contributed by atoms with Gasteiger partial charge in [0.25, 0.3) is 0 Å². The van der Waals surface area contributed by atoms with Crippen molar-refractivity contribution < 1.29 is 18.0 Å². The van der Waals surface area contributed by atoms with Gasteiger partial charge in [-0.05, 0) is 37.1 Å². The number of hydrogen-bond donors (Lipinski definition) is 1. The van der Waals surface area contributed by atoms with E-state index >= 15 is 0 Å². The van der Waals surface area contributed by atoms with Crippen LogP contribution >= 0.6 is 0 Å². The van der Waals surface area contributed by atoms with E-state index in [1.54, 1.807) is 11.0 Å². The van der Waals surface area contributed by atoms with Crippen molar-refractivity contribution in [1.82, 2.24) is 0 Å². The number of carbonyl (C=O) groups excluding carboxylic acids is 2. The second-order valence-electron chi connectivity index (χ2n) is 6.04. The lowest BCUT2D eigenvalue weighted by Gasteiger charge is -2.22. The van der Waals surface area contributed by atoms with Gasteiger partial charge < -0.3 is 9.80 Å². The van der Waals surface area contributed by atoms with Gasteiger partial charge in [-0.15, -0.1) is 0 Å². The number of primary sulfonamides is 1. The van der Waals surface area contributed by atoms with Crippen molar-refractivity contribution >= 4 is 33.2 Å². The van der Waals surface area contributed by atoms with Gasteiger partial charge in [-0.2, -0.15) is 0 Å². The van der Waals surface area contributed by atoms with E-state index in [1.807, 2.05) is 19.1 Å². The molecule has 1 unspecified atom stereocenters. The zero-order chi connectivity index (χ0) is 16.8. The Morgan fingerprint density at radius 3 is 2.43 bits per heavy atom. The van der Waals surface area contributed by atoms with Crippen LogP contribution in [0.4, 0.5) is 11.4 Å². The van der Waals surface area contributed by atoms with Crippen molar-refractivity contribution in [3.8, 4) is 0 Å². The Labute approximate surface area is 135 Å². The van der Waals surface area contributed by atoms with Gasteiger partial charge in [0.2, 0.25) is 21.8 Å². The average molecular weight is 337 g/mol. The first-order valence-corrected chi connectivity index (χ1v) is 9.11. The minimum absolute atomic E-state index is 0.0685. The molecule has 0 aromatic heterocycles. The molecule has 124 valence electrons. The second kappa shape index (κ2) is 5.61. The maximum atomic E-state index is 12.1. The number of aryl methyl sites for hydroxylation is 1. The summed E-state index contributed by atoms with van der Waals surface area (Å²) in [7, 11) is -3.73. The van der Waals surface area contributed by atoms with Gasteiger partial charge in [0.05, 0.1) is 0 Å². The van der Waals surface area contributed by atoms with Crippen LogP contribution in [0.25, 0.3) is 0 Å². The van der Waals surface area contributed by atoms with Gasteiger partial charge in [0.15, 0.2) is 0 Å². The minimum atomic E-state index is -3.73. The van der Waals surface area contributed by atoms with Crippen molar-refractivity contribution in [2.45, 2.75) is 31.4 Å². The van der Waals surface area contributed by atoms with Crippen molar-refractivity contribution in [3.63, 3.8) is 0 Å². The van der Waals surface area contributed by atoms with Gasteiger partial charge in [0.1, 0.15) is 5.25 Å². The van der Waals surface area contributed by atoms with Crippen LogP contribution in [0.3, 0.4) is 0 Å². The minimum Gasteiger partial charge on any atom is -0.312 e. The van der Waals surface area contributed by atoms with E-state index in [0.29, 0.717) is 18.7 Å². The monoisotopic (exact) mass is 337 g/mol. The van der Waals surface area contributed by atoms with Crippen molar-refractivity contribution in [2.24, 2.45) is 5.14 Å². The SMILES string of the molecule is Cc1cc(N2CC(S(N)(=O)=O)CC2=O)ccc1N1CCCC1=O. The van der Waals surface area contributed by atoms with Crippen LogP contribution in [0.1, 0.15) is 24.8 Å². The number of nitrogens with zero attached hydrogens (tertiary/aromatic N) is 2. The number of nitrogens with two attached hydrogens (primary N) is 1. The van der Waals surface area contributed by atoms with Crippen molar-refractivity contribution in [1.29, 1.82) is 0 Å². The van der Waals surface area contributed by atoms with Gasteiger partial charge in [-0.1, -0.05) is 0 Å². The normalized spacial score (nSPS) is 22.3. The molecule has 23 heavy (non-hydrogen) atoms. The summed E-state index contributed by atoms with van der Waals surface area (Å²) in [5.74, 6) is -0.152. The lowest BCUT2D eigenvalue weighted by Crippen LogP contribution is -2.32. The van der Waals surface area contributed by atoms with E-state index in [1.165, 1.54) is 4.90 Å². The Hall–Kier alpha value is -1.93. The van der Waals surface area contributed by atoms with Gasteiger partial charge in [-0.25, -0.2) is 13.6 Å². The Morgan fingerprint density at radius 2 is 1.91 bits per heavy atom. The smallest absolute Gasteiger partial charge is 0.228 e. The molecule has 7 nitrogen and oxygen atoms in total. The third-order valence-corrected chi connectivity index (χ3v) is 5.66. The number of benzene rings is 1. The van der Waals surface area contributed by atoms with E-state index in [-0.39, 0.29) is 24.8 Å². The molecule has 0 saturated carbocycles. The molecule has 2 saturated heterocycles. The predicted octanol–water partition coefficient (Wildman–Crippen LogP) is 0.516. The molecule has 2 fully saturated rings. The van der Waals surface area contributed by atoms with Crippen LogP contribution in [0, 0.1) is 6.92 Å². The van der Waals surface area contributed by atoms with Crippen LogP contribution in [0.15, 0.2) is 18.2 Å². The Morgan fingerprint density at radius 1 is 1.17 bits per heavy atom. The highest BCUT2D eigenvalue weighted by Gasteiger charge is 2.37. The number of anilines is 2. The molecule has 1 aromatic rings. The third kappa shape index (κ3) is 2.96. The Kier molecular flexibility index (Phi) is 3.89. The summed E-state index contributed by atoms with van der Waals surface area (Å²) < 4.78 is 22.9. The Bertz CT molecular complexity index is 775. The van der Waals surface area contributed by atoms with Crippen LogP contribution in [0.2, 0.25) is 0 Å². The molecule has 0 aliphatic carbocycles. The first kappa shape index (κ1) is 15.9. The lowest BCUT2D eigenvalue weighted by atomic mass is 10.1. The average Bonchev–Trinajstić information content (AvgIpc) is 3.04. The summed E-state index contributed by atoms with van der Waals surface area (Å²) in [5.41, 5.74) is 2.35. The number of amides is 2. The highest BCUT2D eigenvalue weighted by atomic mass is 32.2. The molecule has 2 aliphatic rings. The van der Waals surface area contributed by atoms with Gasteiger partial charge in [-0.3, -0.25) is 9.59 Å². The molecule has 0 spiro atoms. The molecule has 2 N–H and O–H groups in total. The quantitative estimate of drug-likeness (QED) is 0.868. The fourth-order valence-electron chi connectivity index (χ4n) is 3.16. The molecular formula is C15H19N3O4S. The highest BCUT2D eigenvalue weighted by molar-refractivity contribution is 7.89. The van der Waals surface area contributed by atoms with Crippen LogP contribution in [-0.4, -0.2) is 38.6 Å². The predicted molar refractivity (Wildman–Crippen MR) is 86.6 cm³/mol. The molecule has 0 bridgehead atoms. The molecular weight excluding hydrogens is 318 g/mol. The summed E-state index contributed by atoms with van der Waals surface area (Å²) in [6.07, 6.45) is 1.31. The summed E-state index contributed by atoms with van der Waals surface area (Å²) in [4.78, 5) is 27.1. The molecule has 2 heterocycles. The zero-order valence-corrected chi connectivity index (χ0v) is 13.7. The van der Waals surface area contributed by atoms with Gasteiger partial charge in [0, 0.05) is 37.3 Å². The first-order valence-electron chi connectivity index (χ1n) is 7.50. The van der Waals surface area contributed by atoms with E-state index in [9.17, 15) is 18.0 Å². The first-order chi connectivity index (χ1) is 10.8. The number of sulfonamides is 1. The molecule has 2 amide bonds. The number of rotatable bonds is 3. The highest BCUT2D eigenvalue weighted by Crippen LogP contribution is 2.31.